The SMILES string of the molecule is CS(=O)(=O)c1ccccc1OC1CCNC1. The number of hydrogen-bond donors (Lipinski definition) is 1. The Hall–Kier alpha value is -1.07. The molecule has 5 heteroatoms. The van der Waals surface area contributed by atoms with Crippen LogP contribution in [0.2, 0.25) is 0 Å². The molecule has 88 valence electrons. The summed E-state index contributed by atoms with van der Waals surface area (Å²) >= 11 is 0. The van der Waals surface area contributed by atoms with Crippen molar-refractivity contribution < 1.29 is 13.2 Å². The zero-order valence-electron chi connectivity index (χ0n) is 9.14. The Morgan fingerprint density at radius 3 is 2.75 bits per heavy atom. The van der Waals surface area contributed by atoms with Gasteiger partial charge in [-0.2, -0.15) is 0 Å². The van der Waals surface area contributed by atoms with E-state index in [1.807, 2.05) is 0 Å². The molecule has 16 heavy (non-hydrogen) atoms. The minimum atomic E-state index is -3.22. The lowest BCUT2D eigenvalue weighted by atomic mass is 10.3. The van der Waals surface area contributed by atoms with Crippen LogP contribution in [0.4, 0.5) is 0 Å². The van der Waals surface area contributed by atoms with Crippen LogP contribution >= 0.6 is 0 Å². The molecule has 0 saturated carbocycles. The van der Waals surface area contributed by atoms with Crippen LogP contribution in [0, 0.1) is 0 Å². The van der Waals surface area contributed by atoms with Crippen LogP contribution in [-0.4, -0.2) is 33.9 Å². The van der Waals surface area contributed by atoms with Crippen LogP contribution in [0.5, 0.6) is 5.75 Å². The van der Waals surface area contributed by atoms with Gasteiger partial charge in [-0.25, -0.2) is 8.42 Å². The molecule has 0 bridgehead atoms. The third-order valence-electron chi connectivity index (χ3n) is 2.56. The Morgan fingerprint density at radius 1 is 1.38 bits per heavy atom. The Morgan fingerprint density at radius 2 is 2.12 bits per heavy atom. The van der Waals surface area contributed by atoms with Crippen LogP contribution in [0.1, 0.15) is 6.42 Å². The molecule has 1 aromatic carbocycles. The molecule has 1 fully saturated rings. The summed E-state index contributed by atoms with van der Waals surface area (Å²) in [4.78, 5) is 0.266. The zero-order chi connectivity index (χ0) is 11.6. The van der Waals surface area contributed by atoms with E-state index in [-0.39, 0.29) is 11.0 Å². The molecule has 1 aliphatic heterocycles. The fraction of sp³-hybridized carbons (Fsp3) is 0.455. The van der Waals surface area contributed by atoms with Crippen molar-refractivity contribution in [2.75, 3.05) is 19.3 Å². The van der Waals surface area contributed by atoms with Crippen molar-refractivity contribution in [1.82, 2.24) is 5.32 Å². The molecule has 1 heterocycles. The van der Waals surface area contributed by atoms with Gasteiger partial charge in [0.05, 0.1) is 0 Å². The third kappa shape index (κ3) is 2.54. The highest BCUT2D eigenvalue weighted by atomic mass is 32.2. The van der Waals surface area contributed by atoms with Crippen LogP contribution in [0.25, 0.3) is 0 Å². The van der Waals surface area contributed by atoms with Crippen molar-refractivity contribution >= 4 is 9.84 Å². The van der Waals surface area contributed by atoms with Gasteiger partial charge in [-0.1, -0.05) is 12.1 Å². The first-order valence-electron chi connectivity index (χ1n) is 5.24. The molecule has 1 atom stereocenters. The Kier molecular flexibility index (Phi) is 3.16. The highest BCUT2D eigenvalue weighted by molar-refractivity contribution is 7.90. The van der Waals surface area contributed by atoms with Crippen molar-refractivity contribution in [3.8, 4) is 5.75 Å². The van der Waals surface area contributed by atoms with E-state index in [1.165, 1.54) is 6.26 Å². The molecule has 1 N–H and O–H groups in total. The first-order valence-corrected chi connectivity index (χ1v) is 7.13. The Bertz CT molecular complexity index is 464. The van der Waals surface area contributed by atoms with Crippen molar-refractivity contribution in [1.29, 1.82) is 0 Å². The minimum absolute atomic E-state index is 0.0721. The van der Waals surface area contributed by atoms with E-state index in [1.54, 1.807) is 24.3 Å². The summed E-state index contributed by atoms with van der Waals surface area (Å²) < 4.78 is 28.8. The standard InChI is InChI=1S/C11H15NO3S/c1-16(13,14)11-5-3-2-4-10(11)15-9-6-7-12-8-9/h2-5,9,12H,6-8H2,1H3. The van der Waals surface area contributed by atoms with Gasteiger partial charge in [-0.05, 0) is 25.1 Å². The summed E-state index contributed by atoms with van der Waals surface area (Å²) in [5.74, 6) is 0.457. The second kappa shape index (κ2) is 4.43. The van der Waals surface area contributed by atoms with Crippen LogP contribution in [0.3, 0.4) is 0 Å². The number of benzene rings is 1. The molecule has 2 rings (SSSR count). The molecule has 0 spiro atoms. The van der Waals surface area contributed by atoms with Gasteiger partial charge in [0.1, 0.15) is 16.7 Å². The van der Waals surface area contributed by atoms with Crippen molar-refractivity contribution in [2.24, 2.45) is 0 Å². The van der Waals surface area contributed by atoms with Gasteiger partial charge in [0.15, 0.2) is 9.84 Å². The maximum absolute atomic E-state index is 11.5. The van der Waals surface area contributed by atoms with Gasteiger partial charge in [-0.15, -0.1) is 0 Å². The second-order valence-electron chi connectivity index (χ2n) is 3.95. The van der Waals surface area contributed by atoms with Crippen LogP contribution in [-0.2, 0) is 9.84 Å². The van der Waals surface area contributed by atoms with Gasteiger partial charge in [0.25, 0.3) is 0 Å². The lowest BCUT2D eigenvalue weighted by Crippen LogP contribution is -2.20. The largest absolute Gasteiger partial charge is 0.488 e. The highest BCUT2D eigenvalue weighted by Gasteiger charge is 2.20. The van der Waals surface area contributed by atoms with Gasteiger partial charge < -0.3 is 10.1 Å². The first kappa shape index (κ1) is 11.4. The average Bonchev–Trinajstić information content (AvgIpc) is 2.70. The van der Waals surface area contributed by atoms with Gasteiger partial charge in [0.2, 0.25) is 0 Å². The maximum atomic E-state index is 11.5. The smallest absolute Gasteiger partial charge is 0.179 e. The fourth-order valence-electron chi connectivity index (χ4n) is 1.76. The summed E-state index contributed by atoms with van der Waals surface area (Å²) in [5, 5.41) is 3.18. The predicted octanol–water partition coefficient (Wildman–Crippen LogP) is 0.831. The molecule has 0 aromatic heterocycles. The molecule has 1 aromatic rings. The Balaban J connectivity index is 2.26. The molecule has 0 radical (unpaired) electrons. The van der Waals surface area contributed by atoms with E-state index in [2.05, 4.69) is 5.32 Å². The van der Waals surface area contributed by atoms with E-state index >= 15 is 0 Å². The molecule has 1 aliphatic rings. The maximum Gasteiger partial charge on any atom is 0.179 e. The summed E-state index contributed by atoms with van der Waals surface area (Å²) in [6.45, 7) is 1.70. The summed E-state index contributed by atoms with van der Waals surface area (Å²) in [6, 6.07) is 6.77. The number of rotatable bonds is 3. The van der Waals surface area contributed by atoms with Gasteiger partial charge >= 0.3 is 0 Å². The van der Waals surface area contributed by atoms with Crippen LogP contribution < -0.4 is 10.1 Å². The van der Waals surface area contributed by atoms with Gasteiger partial charge in [0, 0.05) is 12.8 Å². The van der Waals surface area contributed by atoms with Crippen LogP contribution in [0.15, 0.2) is 29.2 Å². The number of hydrogen-bond acceptors (Lipinski definition) is 4. The molecular weight excluding hydrogens is 226 g/mol. The van der Waals surface area contributed by atoms with E-state index in [4.69, 9.17) is 4.74 Å². The number of para-hydroxylation sites is 1. The first-order chi connectivity index (χ1) is 7.57. The molecule has 0 amide bonds. The Labute approximate surface area is 95.5 Å². The lowest BCUT2D eigenvalue weighted by Gasteiger charge is -2.14. The number of ether oxygens (including phenoxy) is 1. The summed E-state index contributed by atoms with van der Waals surface area (Å²) in [6.07, 6.45) is 2.18. The van der Waals surface area contributed by atoms with E-state index in [9.17, 15) is 8.42 Å². The van der Waals surface area contributed by atoms with Crippen molar-refractivity contribution in [3.63, 3.8) is 0 Å². The third-order valence-corrected chi connectivity index (χ3v) is 3.69. The van der Waals surface area contributed by atoms with E-state index in [0.29, 0.717) is 5.75 Å². The van der Waals surface area contributed by atoms with Crippen molar-refractivity contribution in [2.45, 2.75) is 17.4 Å². The monoisotopic (exact) mass is 241 g/mol. The molecule has 1 unspecified atom stereocenters. The summed E-state index contributed by atoms with van der Waals surface area (Å²) in [7, 11) is -3.22. The predicted molar refractivity (Wildman–Crippen MR) is 61.5 cm³/mol. The molecular formula is C11H15NO3S. The number of sulfone groups is 1. The summed E-state index contributed by atoms with van der Waals surface area (Å²) in [5.41, 5.74) is 0. The molecule has 4 nitrogen and oxygen atoms in total. The van der Waals surface area contributed by atoms with E-state index < -0.39 is 9.84 Å². The minimum Gasteiger partial charge on any atom is -0.488 e. The lowest BCUT2D eigenvalue weighted by molar-refractivity contribution is 0.217. The quantitative estimate of drug-likeness (QED) is 0.851. The van der Waals surface area contributed by atoms with E-state index in [0.717, 1.165) is 19.5 Å². The van der Waals surface area contributed by atoms with Crippen molar-refractivity contribution in [3.05, 3.63) is 24.3 Å². The topological polar surface area (TPSA) is 55.4 Å². The number of nitrogens with one attached hydrogen (secondary N) is 1. The highest BCUT2D eigenvalue weighted by Crippen LogP contribution is 2.25. The zero-order valence-corrected chi connectivity index (χ0v) is 9.96. The second-order valence-corrected chi connectivity index (χ2v) is 5.94. The average molecular weight is 241 g/mol. The molecule has 1 saturated heterocycles. The normalized spacial score (nSPS) is 20.9. The molecule has 0 aliphatic carbocycles. The fourth-order valence-corrected chi connectivity index (χ4v) is 2.57. The van der Waals surface area contributed by atoms with Gasteiger partial charge in [-0.3, -0.25) is 0 Å².